The molecule has 0 amide bonds. The van der Waals surface area contributed by atoms with Gasteiger partial charge < -0.3 is 15.0 Å². The maximum atomic E-state index is 13.9. The van der Waals surface area contributed by atoms with Crippen LogP contribution in [0.3, 0.4) is 0 Å². The van der Waals surface area contributed by atoms with Gasteiger partial charge >= 0.3 is 6.18 Å². The fourth-order valence-electron chi connectivity index (χ4n) is 5.84. The molecule has 2 fully saturated rings. The van der Waals surface area contributed by atoms with Crippen molar-refractivity contribution in [2.75, 3.05) is 0 Å². The molecular weight excluding hydrogens is 495 g/mol. The van der Waals surface area contributed by atoms with Crippen LogP contribution in [0.4, 0.5) is 13.2 Å². The van der Waals surface area contributed by atoms with Gasteiger partial charge in [-0.3, -0.25) is 5.10 Å². The van der Waals surface area contributed by atoms with Crippen molar-refractivity contribution in [2.45, 2.75) is 69.3 Å². The Morgan fingerprint density at radius 1 is 1.16 bits per heavy atom. The number of alkyl halides is 3. The zero-order valence-corrected chi connectivity index (χ0v) is 21.0. The number of benzene rings is 1. The molecule has 0 spiro atoms. The van der Waals surface area contributed by atoms with Gasteiger partial charge in [0.2, 0.25) is 0 Å². The zero-order chi connectivity index (χ0) is 26.4. The average Bonchev–Trinajstić information content (AvgIpc) is 3.59. The molecule has 200 valence electrons. The Hall–Kier alpha value is -3.31. The molecule has 8 nitrogen and oxygen atoms in total. The SMILES string of the molecule is Cn1cnnc1[C@@H](c1cccc(-c2n[nH]c3c(CN[C@@H]4CCC[C@H]4O)nc(C(F)(F)F)cc23)c1)C1CCC1. The van der Waals surface area contributed by atoms with Crippen LogP contribution < -0.4 is 5.32 Å². The topological polar surface area (TPSA) is 105 Å². The Morgan fingerprint density at radius 2 is 1.97 bits per heavy atom. The number of pyridine rings is 1. The van der Waals surface area contributed by atoms with Gasteiger partial charge in [0, 0.05) is 36.5 Å². The highest BCUT2D eigenvalue weighted by atomic mass is 19.4. The van der Waals surface area contributed by atoms with Crippen LogP contribution in [0.1, 0.15) is 67.2 Å². The molecule has 0 bridgehead atoms. The summed E-state index contributed by atoms with van der Waals surface area (Å²) in [4.78, 5) is 3.94. The molecule has 0 aliphatic heterocycles. The summed E-state index contributed by atoms with van der Waals surface area (Å²) < 4.78 is 43.5. The van der Waals surface area contributed by atoms with E-state index in [9.17, 15) is 18.3 Å². The highest BCUT2D eigenvalue weighted by molar-refractivity contribution is 5.94. The Bertz CT molecular complexity index is 1440. The molecule has 3 aromatic heterocycles. The second kappa shape index (κ2) is 9.77. The maximum Gasteiger partial charge on any atom is 0.433 e. The molecule has 0 unspecified atom stereocenters. The van der Waals surface area contributed by atoms with Crippen LogP contribution in [-0.2, 0) is 19.8 Å². The molecule has 3 N–H and O–H groups in total. The van der Waals surface area contributed by atoms with Gasteiger partial charge in [0.05, 0.1) is 17.3 Å². The summed E-state index contributed by atoms with van der Waals surface area (Å²) in [6, 6.07) is 8.75. The van der Waals surface area contributed by atoms with Crippen molar-refractivity contribution in [1.29, 1.82) is 0 Å². The van der Waals surface area contributed by atoms with E-state index >= 15 is 0 Å². The van der Waals surface area contributed by atoms with Gasteiger partial charge in [0.1, 0.15) is 23.5 Å². The summed E-state index contributed by atoms with van der Waals surface area (Å²) in [6.07, 6.45) is 2.29. The molecule has 4 aromatic rings. The van der Waals surface area contributed by atoms with Crippen LogP contribution in [0.25, 0.3) is 22.2 Å². The molecular formula is C27H30F3N7O. The zero-order valence-electron chi connectivity index (χ0n) is 21.0. The number of hydrogen-bond donors (Lipinski definition) is 3. The molecule has 1 aromatic carbocycles. The highest BCUT2D eigenvalue weighted by Crippen LogP contribution is 2.43. The van der Waals surface area contributed by atoms with Gasteiger partial charge in [0.15, 0.2) is 0 Å². The summed E-state index contributed by atoms with van der Waals surface area (Å²) in [5, 5.41) is 29.6. The van der Waals surface area contributed by atoms with Gasteiger partial charge in [0.25, 0.3) is 0 Å². The summed E-state index contributed by atoms with van der Waals surface area (Å²) >= 11 is 0. The van der Waals surface area contributed by atoms with Crippen LogP contribution in [0.2, 0.25) is 0 Å². The number of halogens is 3. The lowest BCUT2D eigenvalue weighted by Crippen LogP contribution is -2.35. The van der Waals surface area contributed by atoms with Gasteiger partial charge in [-0.05, 0) is 55.7 Å². The van der Waals surface area contributed by atoms with E-state index in [1.807, 2.05) is 35.9 Å². The molecule has 11 heteroatoms. The second-order valence-corrected chi connectivity index (χ2v) is 10.5. The lowest BCUT2D eigenvalue weighted by Gasteiger charge is -2.33. The van der Waals surface area contributed by atoms with Gasteiger partial charge in [-0.25, -0.2) is 4.98 Å². The molecule has 38 heavy (non-hydrogen) atoms. The fraction of sp³-hybridized carbons (Fsp3) is 0.481. The third-order valence-electron chi connectivity index (χ3n) is 8.10. The first-order chi connectivity index (χ1) is 18.3. The van der Waals surface area contributed by atoms with E-state index < -0.39 is 18.0 Å². The van der Waals surface area contributed by atoms with Crippen LogP contribution in [0.5, 0.6) is 0 Å². The van der Waals surface area contributed by atoms with E-state index in [-0.39, 0.29) is 24.2 Å². The first kappa shape index (κ1) is 25.0. The number of aromatic nitrogens is 6. The highest BCUT2D eigenvalue weighted by Gasteiger charge is 2.35. The molecule has 2 aliphatic carbocycles. The minimum Gasteiger partial charge on any atom is -0.392 e. The quantitative estimate of drug-likeness (QED) is 0.323. The van der Waals surface area contributed by atoms with Crippen LogP contribution in [-0.4, -0.2) is 47.2 Å². The van der Waals surface area contributed by atoms with E-state index in [1.165, 1.54) is 6.42 Å². The molecule has 6 rings (SSSR count). The number of rotatable bonds is 7. The molecule has 0 radical (unpaired) electrons. The second-order valence-electron chi connectivity index (χ2n) is 10.5. The number of hydrogen-bond acceptors (Lipinski definition) is 6. The predicted octanol–water partition coefficient (Wildman–Crippen LogP) is 4.71. The fourth-order valence-corrected chi connectivity index (χ4v) is 5.84. The summed E-state index contributed by atoms with van der Waals surface area (Å²) in [5.41, 5.74) is 1.95. The number of fused-ring (bicyclic) bond motifs is 1. The smallest absolute Gasteiger partial charge is 0.392 e. The van der Waals surface area contributed by atoms with E-state index in [1.54, 1.807) is 6.33 Å². The summed E-state index contributed by atoms with van der Waals surface area (Å²) in [7, 11) is 1.93. The minimum absolute atomic E-state index is 0.0476. The molecule has 3 atom stereocenters. The van der Waals surface area contributed by atoms with E-state index in [0.29, 0.717) is 28.9 Å². The monoisotopic (exact) mass is 525 g/mol. The van der Waals surface area contributed by atoms with Crippen molar-refractivity contribution >= 4 is 10.9 Å². The Kier molecular flexibility index (Phi) is 6.43. The largest absolute Gasteiger partial charge is 0.433 e. The number of aromatic amines is 1. The van der Waals surface area contributed by atoms with Gasteiger partial charge in [-0.2, -0.15) is 18.3 Å². The standard InChI is InChI=1S/C27H30F3N7O/c1-37-14-32-36-26(37)23(15-5-2-6-15)16-7-3-8-17(11-16)24-18-12-22(27(28,29)30)33-20(25(18)35-34-24)13-31-19-9-4-10-21(19)38/h3,7-8,11-12,14-15,19,21,23,31,38H,2,4-6,9-10,13H2,1H3,(H,34,35)/t19-,21-,23-/m1/s1. The Balaban J connectivity index is 1.40. The number of H-pyrrole nitrogens is 1. The molecule has 2 aliphatic rings. The maximum absolute atomic E-state index is 13.9. The first-order valence-corrected chi connectivity index (χ1v) is 13.1. The number of nitrogens with one attached hydrogen (secondary N) is 2. The predicted molar refractivity (Wildman–Crippen MR) is 135 cm³/mol. The van der Waals surface area contributed by atoms with Crippen molar-refractivity contribution in [3.8, 4) is 11.3 Å². The normalized spacial score (nSPS) is 21.2. The molecule has 3 heterocycles. The molecule has 0 saturated heterocycles. The number of nitrogens with zero attached hydrogens (tertiary/aromatic N) is 5. The first-order valence-electron chi connectivity index (χ1n) is 13.1. The summed E-state index contributed by atoms with van der Waals surface area (Å²) in [5.74, 6) is 1.37. The number of aryl methyl sites for hydroxylation is 1. The third-order valence-corrected chi connectivity index (χ3v) is 8.10. The van der Waals surface area contributed by atoms with Gasteiger partial charge in [-0.1, -0.05) is 24.6 Å². The molecule has 2 saturated carbocycles. The van der Waals surface area contributed by atoms with Crippen molar-refractivity contribution < 1.29 is 18.3 Å². The third kappa shape index (κ3) is 4.58. The van der Waals surface area contributed by atoms with Crippen molar-refractivity contribution in [1.82, 2.24) is 35.3 Å². The van der Waals surface area contributed by atoms with Crippen LogP contribution >= 0.6 is 0 Å². The van der Waals surface area contributed by atoms with Crippen molar-refractivity contribution in [3.63, 3.8) is 0 Å². The van der Waals surface area contributed by atoms with Crippen LogP contribution in [0, 0.1) is 5.92 Å². The van der Waals surface area contributed by atoms with Crippen LogP contribution in [0.15, 0.2) is 36.7 Å². The summed E-state index contributed by atoms with van der Waals surface area (Å²) in [6.45, 7) is 0.0970. The lowest BCUT2D eigenvalue weighted by atomic mass is 9.72. The van der Waals surface area contributed by atoms with Gasteiger partial charge in [-0.15, -0.1) is 10.2 Å². The lowest BCUT2D eigenvalue weighted by molar-refractivity contribution is -0.141. The Labute approximate surface area is 217 Å². The Morgan fingerprint density at radius 3 is 2.63 bits per heavy atom. The van der Waals surface area contributed by atoms with Crippen molar-refractivity contribution in [3.05, 3.63) is 59.4 Å². The van der Waals surface area contributed by atoms with E-state index in [2.05, 4.69) is 30.7 Å². The minimum atomic E-state index is -4.60. The van der Waals surface area contributed by atoms with Crippen molar-refractivity contribution in [2.24, 2.45) is 13.0 Å². The van der Waals surface area contributed by atoms with E-state index in [4.69, 9.17) is 0 Å². The van der Waals surface area contributed by atoms with E-state index in [0.717, 1.165) is 48.7 Å². The number of aliphatic hydroxyl groups is 1. The average molecular weight is 526 g/mol. The number of aliphatic hydroxyl groups excluding tert-OH is 1.